The predicted octanol–water partition coefficient (Wildman–Crippen LogP) is 2.10. The Labute approximate surface area is 103 Å². The molecule has 0 bridgehead atoms. The second-order valence-electron chi connectivity index (χ2n) is 3.55. The van der Waals surface area contributed by atoms with Crippen LogP contribution >= 0.6 is 0 Å². The Morgan fingerprint density at radius 1 is 1.61 bits per heavy atom. The van der Waals surface area contributed by atoms with Gasteiger partial charge in [-0.05, 0) is 18.6 Å². The largest absolute Gasteiger partial charge is 0.467 e. The number of carbonyl (C=O) groups excluding carboxylic acids is 1. The summed E-state index contributed by atoms with van der Waals surface area (Å²) in [5.74, 6) is -1.24. The van der Waals surface area contributed by atoms with Gasteiger partial charge in [-0.25, -0.2) is 9.18 Å². The van der Waals surface area contributed by atoms with E-state index in [2.05, 4.69) is 10.1 Å². The summed E-state index contributed by atoms with van der Waals surface area (Å²) in [5.41, 5.74) is -0.337. The van der Waals surface area contributed by atoms with Crippen LogP contribution in [0.4, 0.5) is 15.8 Å². The average Bonchev–Trinajstić information content (AvgIpc) is 2.36. The Morgan fingerprint density at radius 3 is 2.78 bits per heavy atom. The normalized spacial score (nSPS) is 11.7. The number of halogens is 1. The molecule has 0 aromatic heterocycles. The van der Waals surface area contributed by atoms with Crippen LogP contribution in [0.5, 0.6) is 0 Å². The molecule has 1 aromatic carbocycles. The fourth-order valence-corrected chi connectivity index (χ4v) is 1.44. The number of nitrogens with one attached hydrogen (secondary N) is 1. The maximum atomic E-state index is 12.9. The molecule has 0 radical (unpaired) electrons. The molecule has 0 aliphatic heterocycles. The van der Waals surface area contributed by atoms with E-state index in [1.165, 1.54) is 13.2 Å². The van der Waals surface area contributed by atoms with Crippen LogP contribution in [0.15, 0.2) is 18.2 Å². The Balaban J connectivity index is 3.02. The van der Waals surface area contributed by atoms with Crippen molar-refractivity contribution in [3.63, 3.8) is 0 Å². The molecule has 6 nitrogen and oxygen atoms in total. The molecule has 0 aliphatic carbocycles. The molecule has 98 valence electrons. The van der Waals surface area contributed by atoms with Gasteiger partial charge in [0.1, 0.15) is 17.5 Å². The van der Waals surface area contributed by atoms with Crippen molar-refractivity contribution >= 4 is 17.3 Å². The summed E-state index contributed by atoms with van der Waals surface area (Å²) in [7, 11) is 1.23. The van der Waals surface area contributed by atoms with Crippen molar-refractivity contribution < 1.29 is 18.8 Å². The van der Waals surface area contributed by atoms with Crippen molar-refractivity contribution in [2.75, 3.05) is 12.4 Å². The van der Waals surface area contributed by atoms with E-state index in [0.29, 0.717) is 6.42 Å². The lowest BCUT2D eigenvalue weighted by molar-refractivity contribution is -0.384. The van der Waals surface area contributed by atoms with Gasteiger partial charge in [-0.3, -0.25) is 10.1 Å². The average molecular weight is 256 g/mol. The molecule has 1 aromatic rings. The topological polar surface area (TPSA) is 81.5 Å². The first kappa shape index (κ1) is 13.9. The van der Waals surface area contributed by atoms with Crippen LogP contribution in [0.25, 0.3) is 0 Å². The number of hydrogen-bond donors (Lipinski definition) is 1. The molecule has 0 heterocycles. The number of esters is 1. The molecule has 1 N–H and O–H groups in total. The van der Waals surface area contributed by atoms with Gasteiger partial charge in [-0.15, -0.1) is 0 Å². The molecule has 1 atom stereocenters. The smallest absolute Gasteiger partial charge is 0.328 e. The lowest BCUT2D eigenvalue weighted by Gasteiger charge is -2.15. The number of benzene rings is 1. The number of nitrogens with zero attached hydrogens (tertiary/aromatic N) is 1. The second-order valence-corrected chi connectivity index (χ2v) is 3.55. The van der Waals surface area contributed by atoms with Crippen molar-refractivity contribution in [3.8, 4) is 0 Å². The monoisotopic (exact) mass is 256 g/mol. The zero-order chi connectivity index (χ0) is 13.7. The lowest BCUT2D eigenvalue weighted by atomic mass is 10.2. The zero-order valence-corrected chi connectivity index (χ0v) is 9.97. The predicted molar refractivity (Wildman–Crippen MR) is 62.8 cm³/mol. The van der Waals surface area contributed by atoms with Crippen LogP contribution in [0.2, 0.25) is 0 Å². The summed E-state index contributed by atoms with van der Waals surface area (Å²) in [6.07, 6.45) is 0.390. The highest BCUT2D eigenvalue weighted by Gasteiger charge is 2.22. The summed E-state index contributed by atoms with van der Waals surface area (Å²) in [6.45, 7) is 1.73. The fourth-order valence-electron chi connectivity index (χ4n) is 1.44. The number of ether oxygens (including phenoxy) is 1. The van der Waals surface area contributed by atoms with Crippen molar-refractivity contribution in [2.24, 2.45) is 0 Å². The summed E-state index contributed by atoms with van der Waals surface area (Å²) in [6, 6.07) is 2.39. The summed E-state index contributed by atoms with van der Waals surface area (Å²) in [5, 5.41) is 13.4. The molecule has 1 unspecified atom stereocenters. The molecule has 7 heteroatoms. The van der Waals surface area contributed by atoms with Gasteiger partial charge in [0.05, 0.1) is 18.1 Å². The van der Waals surface area contributed by atoms with Crippen molar-refractivity contribution in [1.29, 1.82) is 0 Å². The molecular weight excluding hydrogens is 243 g/mol. The van der Waals surface area contributed by atoms with Crippen molar-refractivity contribution in [2.45, 2.75) is 19.4 Å². The zero-order valence-electron chi connectivity index (χ0n) is 9.97. The minimum absolute atomic E-state index is 0.0821. The van der Waals surface area contributed by atoms with E-state index in [1.54, 1.807) is 6.92 Å². The third-order valence-electron chi connectivity index (χ3n) is 2.38. The highest BCUT2D eigenvalue weighted by molar-refractivity contribution is 5.80. The molecule has 1 rings (SSSR count). The molecule has 0 aliphatic rings. The van der Waals surface area contributed by atoms with Crippen LogP contribution in [0, 0.1) is 15.9 Å². The van der Waals surface area contributed by atoms with Crippen molar-refractivity contribution in [3.05, 3.63) is 34.1 Å². The van der Waals surface area contributed by atoms with Crippen LogP contribution in [-0.2, 0) is 9.53 Å². The molecule has 0 amide bonds. The van der Waals surface area contributed by atoms with Crippen LogP contribution in [0.1, 0.15) is 13.3 Å². The summed E-state index contributed by atoms with van der Waals surface area (Å²) < 4.78 is 17.5. The van der Waals surface area contributed by atoms with Gasteiger partial charge >= 0.3 is 5.97 Å². The van der Waals surface area contributed by atoms with E-state index in [1.807, 2.05) is 0 Å². The van der Waals surface area contributed by atoms with Gasteiger partial charge in [-0.2, -0.15) is 0 Å². The molecule has 0 fully saturated rings. The van der Waals surface area contributed by atoms with Crippen molar-refractivity contribution in [1.82, 2.24) is 0 Å². The van der Waals surface area contributed by atoms with E-state index in [4.69, 9.17) is 0 Å². The number of rotatable bonds is 5. The van der Waals surface area contributed by atoms with Gasteiger partial charge in [0.2, 0.25) is 0 Å². The second kappa shape index (κ2) is 5.95. The van der Waals surface area contributed by atoms with E-state index >= 15 is 0 Å². The fraction of sp³-hybridized carbons (Fsp3) is 0.364. The maximum absolute atomic E-state index is 12.9. The highest BCUT2D eigenvalue weighted by atomic mass is 19.1. The maximum Gasteiger partial charge on any atom is 0.328 e. The minimum Gasteiger partial charge on any atom is -0.467 e. The minimum atomic E-state index is -0.713. The summed E-state index contributed by atoms with van der Waals surface area (Å²) in [4.78, 5) is 21.4. The first-order valence-corrected chi connectivity index (χ1v) is 5.27. The molecular formula is C11H13FN2O4. The Kier molecular flexibility index (Phi) is 4.59. The third kappa shape index (κ3) is 3.16. The molecule has 0 saturated heterocycles. The Bertz CT molecular complexity index is 464. The van der Waals surface area contributed by atoms with Gasteiger partial charge in [0, 0.05) is 0 Å². The molecule has 0 saturated carbocycles. The van der Waals surface area contributed by atoms with E-state index in [-0.39, 0.29) is 5.69 Å². The van der Waals surface area contributed by atoms with Crippen LogP contribution < -0.4 is 5.32 Å². The van der Waals surface area contributed by atoms with Gasteiger partial charge in [0.15, 0.2) is 0 Å². The van der Waals surface area contributed by atoms with Gasteiger partial charge in [0.25, 0.3) is 5.69 Å². The SMILES string of the molecule is CCC(Nc1ccc(F)cc1[N+](=O)[O-])C(=O)OC. The standard InChI is InChI=1S/C11H13FN2O4/c1-3-8(11(15)18-2)13-9-5-4-7(12)6-10(9)14(16)17/h4-6,8,13H,3H2,1-2H3. The highest BCUT2D eigenvalue weighted by Crippen LogP contribution is 2.26. The summed E-state index contributed by atoms with van der Waals surface area (Å²) >= 11 is 0. The molecule has 0 spiro atoms. The van der Waals surface area contributed by atoms with Gasteiger partial charge in [-0.1, -0.05) is 6.92 Å². The lowest BCUT2D eigenvalue weighted by Crippen LogP contribution is -2.30. The first-order valence-electron chi connectivity index (χ1n) is 5.27. The number of anilines is 1. The first-order chi connectivity index (χ1) is 8.49. The number of nitro benzene ring substituents is 1. The van der Waals surface area contributed by atoms with E-state index in [0.717, 1.165) is 12.1 Å². The molecule has 18 heavy (non-hydrogen) atoms. The number of hydrogen-bond acceptors (Lipinski definition) is 5. The third-order valence-corrected chi connectivity index (χ3v) is 2.38. The van der Waals surface area contributed by atoms with E-state index in [9.17, 15) is 19.3 Å². The van der Waals surface area contributed by atoms with E-state index < -0.39 is 28.4 Å². The Morgan fingerprint density at radius 2 is 2.28 bits per heavy atom. The van der Waals surface area contributed by atoms with Crippen LogP contribution in [0.3, 0.4) is 0 Å². The van der Waals surface area contributed by atoms with Crippen LogP contribution in [-0.4, -0.2) is 24.0 Å². The number of nitro groups is 1. The quantitative estimate of drug-likeness (QED) is 0.495. The Hall–Kier alpha value is -2.18. The number of methoxy groups -OCH3 is 1. The van der Waals surface area contributed by atoms with Gasteiger partial charge < -0.3 is 10.1 Å². The number of carbonyl (C=O) groups is 1.